The van der Waals surface area contributed by atoms with Gasteiger partial charge in [0.2, 0.25) is 5.91 Å². The lowest BCUT2D eigenvalue weighted by Crippen LogP contribution is -2.42. The van der Waals surface area contributed by atoms with Crippen LogP contribution in [-0.2, 0) is 4.79 Å². The summed E-state index contributed by atoms with van der Waals surface area (Å²) in [7, 11) is 0. The average Bonchev–Trinajstić information content (AvgIpc) is 3.24. The first-order valence-electron chi connectivity index (χ1n) is 8.34. The van der Waals surface area contributed by atoms with Gasteiger partial charge in [0.15, 0.2) is 5.16 Å². The van der Waals surface area contributed by atoms with Gasteiger partial charge < -0.3 is 4.42 Å². The Kier molecular flexibility index (Phi) is 5.66. The van der Waals surface area contributed by atoms with Gasteiger partial charge in [-0.05, 0) is 38.5 Å². The van der Waals surface area contributed by atoms with Crippen molar-refractivity contribution >= 4 is 23.6 Å². The molecule has 0 aliphatic heterocycles. The van der Waals surface area contributed by atoms with Gasteiger partial charge in [-0.3, -0.25) is 25.0 Å². The standard InChI is InChI=1S/C19H20N4O3S/c1-12-6-4-5-7-16(12)23-9-8-20-19(23)27-11-17(24)21-22-18(25)15-10-13(2)26-14(15)3/h4-10H,11H2,1-3H3,(H,21,24)(H,22,25). The summed E-state index contributed by atoms with van der Waals surface area (Å²) < 4.78 is 7.25. The Bertz CT molecular complexity index is 977. The quantitative estimate of drug-likeness (QED) is 0.521. The van der Waals surface area contributed by atoms with Gasteiger partial charge in [0.05, 0.1) is 17.0 Å². The SMILES string of the molecule is Cc1cc(C(=O)NNC(=O)CSc2nccn2-c2ccccc2C)c(C)o1. The van der Waals surface area contributed by atoms with Crippen LogP contribution in [0.4, 0.5) is 0 Å². The molecule has 0 fully saturated rings. The lowest BCUT2D eigenvalue weighted by Gasteiger charge is -2.10. The molecule has 0 aliphatic rings. The van der Waals surface area contributed by atoms with Crippen LogP contribution in [0.1, 0.15) is 27.4 Å². The molecule has 3 rings (SSSR count). The highest BCUT2D eigenvalue weighted by atomic mass is 32.2. The second-order valence-corrected chi connectivity index (χ2v) is 6.93. The van der Waals surface area contributed by atoms with Crippen molar-refractivity contribution in [3.05, 3.63) is 65.4 Å². The molecule has 2 aromatic heterocycles. The summed E-state index contributed by atoms with van der Waals surface area (Å²) in [5.74, 6) is 0.526. The number of para-hydroxylation sites is 1. The van der Waals surface area contributed by atoms with Crippen molar-refractivity contribution in [3.8, 4) is 5.69 Å². The number of furan rings is 1. The number of nitrogens with zero attached hydrogens (tertiary/aromatic N) is 2. The highest BCUT2D eigenvalue weighted by Gasteiger charge is 2.15. The molecule has 27 heavy (non-hydrogen) atoms. The fourth-order valence-corrected chi connectivity index (χ4v) is 3.40. The van der Waals surface area contributed by atoms with E-state index in [0.717, 1.165) is 11.3 Å². The number of carbonyl (C=O) groups excluding carboxylic acids is 2. The smallest absolute Gasteiger partial charge is 0.273 e. The van der Waals surface area contributed by atoms with Crippen LogP contribution >= 0.6 is 11.8 Å². The zero-order chi connectivity index (χ0) is 19.4. The van der Waals surface area contributed by atoms with Gasteiger partial charge in [0.1, 0.15) is 11.5 Å². The molecule has 2 amide bonds. The first-order valence-corrected chi connectivity index (χ1v) is 9.32. The molecule has 1 aromatic carbocycles. The predicted octanol–water partition coefficient (Wildman–Crippen LogP) is 2.94. The Labute approximate surface area is 161 Å². The molecule has 7 nitrogen and oxygen atoms in total. The van der Waals surface area contributed by atoms with Gasteiger partial charge in [-0.25, -0.2) is 4.98 Å². The third kappa shape index (κ3) is 4.40. The van der Waals surface area contributed by atoms with Crippen molar-refractivity contribution in [1.82, 2.24) is 20.4 Å². The number of hydrogen-bond acceptors (Lipinski definition) is 5. The molecule has 0 radical (unpaired) electrons. The lowest BCUT2D eigenvalue weighted by atomic mass is 10.2. The predicted molar refractivity (Wildman–Crippen MR) is 103 cm³/mol. The molecule has 0 bridgehead atoms. The maximum absolute atomic E-state index is 12.1. The number of imidazole rings is 1. The number of benzene rings is 1. The molecule has 8 heteroatoms. The van der Waals surface area contributed by atoms with E-state index in [9.17, 15) is 9.59 Å². The summed E-state index contributed by atoms with van der Waals surface area (Å²) in [5.41, 5.74) is 7.33. The molecule has 2 heterocycles. The average molecular weight is 384 g/mol. The Hall–Kier alpha value is -3.00. The summed E-state index contributed by atoms with van der Waals surface area (Å²) in [6.45, 7) is 5.48. The number of hydrazine groups is 1. The summed E-state index contributed by atoms with van der Waals surface area (Å²) in [6, 6.07) is 9.58. The van der Waals surface area contributed by atoms with E-state index in [1.54, 1.807) is 26.1 Å². The van der Waals surface area contributed by atoms with Gasteiger partial charge in [0, 0.05) is 12.4 Å². The largest absolute Gasteiger partial charge is 0.466 e. The molecule has 2 N–H and O–H groups in total. The van der Waals surface area contributed by atoms with Crippen molar-refractivity contribution in [3.63, 3.8) is 0 Å². The third-order valence-electron chi connectivity index (χ3n) is 3.92. The van der Waals surface area contributed by atoms with Gasteiger partial charge in [-0.15, -0.1) is 0 Å². The van der Waals surface area contributed by atoms with Crippen LogP contribution in [-0.4, -0.2) is 27.1 Å². The second kappa shape index (κ2) is 8.13. The first-order chi connectivity index (χ1) is 13.0. The lowest BCUT2D eigenvalue weighted by molar-refractivity contribution is -0.119. The highest BCUT2D eigenvalue weighted by Crippen LogP contribution is 2.22. The molecule has 0 aliphatic carbocycles. The maximum Gasteiger partial charge on any atom is 0.273 e. The Morgan fingerprint density at radius 3 is 2.67 bits per heavy atom. The summed E-state index contributed by atoms with van der Waals surface area (Å²) >= 11 is 1.29. The minimum Gasteiger partial charge on any atom is -0.466 e. The number of carbonyl (C=O) groups is 2. The Balaban J connectivity index is 1.56. The third-order valence-corrected chi connectivity index (χ3v) is 4.88. The van der Waals surface area contributed by atoms with Gasteiger partial charge in [-0.1, -0.05) is 30.0 Å². The molecular formula is C19H20N4O3S. The van der Waals surface area contributed by atoms with Crippen LogP contribution in [0.2, 0.25) is 0 Å². The number of aryl methyl sites for hydroxylation is 3. The molecule has 0 unspecified atom stereocenters. The molecule has 0 atom stereocenters. The van der Waals surface area contributed by atoms with E-state index in [0.29, 0.717) is 22.2 Å². The molecule has 0 spiro atoms. The molecule has 140 valence electrons. The van der Waals surface area contributed by atoms with Crippen LogP contribution in [0.25, 0.3) is 5.69 Å². The minimum absolute atomic E-state index is 0.118. The fraction of sp³-hybridized carbons (Fsp3) is 0.211. The maximum atomic E-state index is 12.1. The fourth-order valence-electron chi connectivity index (χ4n) is 2.63. The molecule has 0 saturated heterocycles. The van der Waals surface area contributed by atoms with Gasteiger partial charge in [0.25, 0.3) is 5.91 Å². The Morgan fingerprint density at radius 2 is 1.96 bits per heavy atom. The zero-order valence-corrected chi connectivity index (χ0v) is 16.1. The number of rotatable bonds is 5. The number of hydrogen-bond donors (Lipinski definition) is 2. The van der Waals surface area contributed by atoms with E-state index in [-0.39, 0.29) is 11.7 Å². The molecular weight excluding hydrogens is 364 g/mol. The van der Waals surface area contributed by atoms with E-state index in [2.05, 4.69) is 15.8 Å². The van der Waals surface area contributed by atoms with Crippen molar-refractivity contribution in [2.24, 2.45) is 0 Å². The second-order valence-electron chi connectivity index (χ2n) is 5.98. The Morgan fingerprint density at radius 1 is 1.19 bits per heavy atom. The number of thioether (sulfide) groups is 1. The van der Waals surface area contributed by atoms with E-state index in [4.69, 9.17) is 4.42 Å². The zero-order valence-electron chi connectivity index (χ0n) is 15.3. The van der Waals surface area contributed by atoms with Gasteiger partial charge in [-0.2, -0.15) is 0 Å². The minimum atomic E-state index is -0.413. The van der Waals surface area contributed by atoms with Crippen LogP contribution < -0.4 is 10.9 Å². The van der Waals surface area contributed by atoms with Crippen LogP contribution in [0.15, 0.2) is 52.3 Å². The van der Waals surface area contributed by atoms with Crippen molar-refractivity contribution in [2.45, 2.75) is 25.9 Å². The van der Waals surface area contributed by atoms with Crippen molar-refractivity contribution < 1.29 is 14.0 Å². The molecule has 0 saturated carbocycles. The molecule has 3 aromatic rings. The van der Waals surface area contributed by atoms with Crippen molar-refractivity contribution in [1.29, 1.82) is 0 Å². The first kappa shape index (κ1) is 18.8. The number of nitrogens with one attached hydrogen (secondary N) is 2. The number of amides is 2. The summed E-state index contributed by atoms with van der Waals surface area (Å²) in [5, 5.41) is 0.701. The van der Waals surface area contributed by atoms with E-state index >= 15 is 0 Å². The summed E-state index contributed by atoms with van der Waals surface area (Å²) in [6.07, 6.45) is 3.55. The monoisotopic (exact) mass is 384 g/mol. The van der Waals surface area contributed by atoms with Crippen LogP contribution in [0.5, 0.6) is 0 Å². The normalized spacial score (nSPS) is 10.6. The topological polar surface area (TPSA) is 89.2 Å². The highest BCUT2D eigenvalue weighted by molar-refractivity contribution is 7.99. The van der Waals surface area contributed by atoms with E-state index in [1.165, 1.54) is 11.8 Å². The summed E-state index contributed by atoms with van der Waals surface area (Å²) in [4.78, 5) is 28.5. The number of aromatic nitrogens is 2. The van der Waals surface area contributed by atoms with Crippen LogP contribution in [0.3, 0.4) is 0 Å². The van der Waals surface area contributed by atoms with Crippen LogP contribution in [0, 0.1) is 20.8 Å². The van der Waals surface area contributed by atoms with E-state index in [1.807, 2.05) is 42.0 Å². The van der Waals surface area contributed by atoms with Gasteiger partial charge >= 0.3 is 0 Å². The van der Waals surface area contributed by atoms with Crippen molar-refractivity contribution in [2.75, 3.05) is 5.75 Å². The van der Waals surface area contributed by atoms with E-state index < -0.39 is 5.91 Å².